The summed E-state index contributed by atoms with van der Waals surface area (Å²) in [5.41, 5.74) is 7.25. The lowest BCUT2D eigenvalue weighted by atomic mass is 10.0. The van der Waals surface area contributed by atoms with Crippen LogP contribution < -0.4 is 32.3 Å². The highest BCUT2D eigenvalue weighted by Gasteiger charge is 2.25. The number of nitrogens with one attached hydrogen (secondary N) is 5. The molecule has 0 aliphatic rings. The van der Waals surface area contributed by atoms with Crippen molar-refractivity contribution >= 4 is 35.4 Å². The monoisotopic (exact) mass is 567 g/mol. The van der Waals surface area contributed by atoms with E-state index in [0.717, 1.165) is 11.1 Å². The third-order valence-corrected chi connectivity index (χ3v) is 6.16. The Bertz CT molecular complexity index is 1190. The lowest BCUT2D eigenvalue weighted by molar-refractivity contribution is -0.138. The van der Waals surface area contributed by atoms with Gasteiger partial charge in [0.2, 0.25) is 35.4 Å². The molecule has 13 heteroatoms. The molecular formula is C28H37N7O6. The summed E-state index contributed by atoms with van der Waals surface area (Å²) in [7, 11) is 3.06. The molecular weight excluding hydrogens is 530 g/mol. The minimum Gasteiger partial charge on any atom is -0.368 e. The first-order valence-electron chi connectivity index (χ1n) is 13.0. The van der Waals surface area contributed by atoms with Crippen LogP contribution in [-0.2, 0) is 41.6 Å². The van der Waals surface area contributed by atoms with Gasteiger partial charge in [-0.15, -0.1) is 0 Å². The van der Waals surface area contributed by atoms with Crippen molar-refractivity contribution in [3.63, 3.8) is 0 Å². The van der Waals surface area contributed by atoms with Crippen molar-refractivity contribution in [3.8, 4) is 0 Å². The summed E-state index contributed by atoms with van der Waals surface area (Å²) in [4.78, 5) is 74.1. The van der Waals surface area contributed by atoms with E-state index < -0.39 is 61.3 Å². The Morgan fingerprint density at radius 2 is 1.12 bits per heavy atom. The standard InChI is InChI=1S/C28H37N7O6/c1-30-21(13-19-9-5-3-6-10-19)28(41)34-17-25(38)32-15-23(36)31-16-24(37)33-18-26(39)35(2)22(27(29)40)14-20-11-7-4-8-12-20/h3-12,21-22,30H,13-18H2,1-2H3,(H2,29,40)(H,31,36)(H,32,38)(H,33,37)(H,34,41)/t21-,22-/m0/s1. The zero-order valence-electron chi connectivity index (χ0n) is 23.1. The molecule has 2 aromatic carbocycles. The summed E-state index contributed by atoms with van der Waals surface area (Å²) >= 11 is 0. The fourth-order valence-corrected chi connectivity index (χ4v) is 3.75. The predicted octanol–water partition coefficient (Wildman–Crippen LogP) is -2.16. The van der Waals surface area contributed by atoms with Crippen molar-refractivity contribution < 1.29 is 28.8 Å². The molecule has 0 aliphatic heterocycles. The molecule has 0 spiro atoms. The number of nitrogens with two attached hydrogens (primary N) is 1. The molecule has 2 atom stereocenters. The molecule has 0 heterocycles. The van der Waals surface area contributed by atoms with Crippen molar-refractivity contribution in [3.05, 3.63) is 71.8 Å². The molecule has 2 rings (SSSR count). The van der Waals surface area contributed by atoms with Crippen LogP contribution >= 0.6 is 0 Å². The molecule has 0 radical (unpaired) electrons. The maximum absolute atomic E-state index is 12.5. The highest BCUT2D eigenvalue weighted by molar-refractivity contribution is 5.92. The first-order valence-corrected chi connectivity index (χ1v) is 13.0. The minimum atomic E-state index is -0.900. The van der Waals surface area contributed by atoms with Gasteiger partial charge in [0.25, 0.3) is 0 Å². The van der Waals surface area contributed by atoms with E-state index >= 15 is 0 Å². The molecule has 220 valence electrons. The number of hydrogen-bond donors (Lipinski definition) is 6. The Kier molecular flexibility index (Phi) is 13.5. The van der Waals surface area contributed by atoms with Crippen LogP contribution in [0.2, 0.25) is 0 Å². The molecule has 0 saturated heterocycles. The third kappa shape index (κ3) is 11.9. The molecule has 41 heavy (non-hydrogen) atoms. The van der Waals surface area contributed by atoms with Crippen LogP contribution in [0.3, 0.4) is 0 Å². The summed E-state index contributed by atoms with van der Waals surface area (Å²) in [6.07, 6.45) is 0.665. The topological polar surface area (TPSA) is 192 Å². The summed E-state index contributed by atoms with van der Waals surface area (Å²) < 4.78 is 0. The summed E-state index contributed by atoms with van der Waals surface area (Å²) in [6, 6.07) is 17.0. The molecule has 0 bridgehead atoms. The molecule has 0 aromatic heterocycles. The zero-order chi connectivity index (χ0) is 30.2. The molecule has 7 N–H and O–H groups in total. The van der Waals surface area contributed by atoms with Gasteiger partial charge in [-0.2, -0.15) is 0 Å². The maximum Gasteiger partial charge on any atom is 0.242 e. The van der Waals surface area contributed by atoms with Crippen LogP contribution in [-0.4, -0.2) is 92.7 Å². The van der Waals surface area contributed by atoms with E-state index in [2.05, 4.69) is 26.6 Å². The Morgan fingerprint density at radius 3 is 1.59 bits per heavy atom. The summed E-state index contributed by atoms with van der Waals surface area (Å²) in [5, 5.41) is 12.5. The Hall–Kier alpha value is -4.78. The van der Waals surface area contributed by atoms with Crippen molar-refractivity contribution in [2.75, 3.05) is 40.3 Å². The van der Waals surface area contributed by atoms with Crippen molar-refractivity contribution in [2.24, 2.45) is 5.73 Å². The fraction of sp³-hybridized carbons (Fsp3) is 0.357. The number of primary amides is 1. The maximum atomic E-state index is 12.5. The van der Waals surface area contributed by atoms with E-state index in [0.29, 0.717) is 6.42 Å². The Morgan fingerprint density at radius 1 is 0.683 bits per heavy atom. The lowest BCUT2D eigenvalue weighted by Crippen LogP contribution is -2.51. The number of carbonyl (C=O) groups is 6. The van der Waals surface area contributed by atoms with Crippen LogP contribution in [0.1, 0.15) is 11.1 Å². The van der Waals surface area contributed by atoms with Crippen LogP contribution in [0, 0.1) is 0 Å². The first kappa shape index (κ1) is 32.4. The second kappa shape index (κ2) is 17.0. The molecule has 0 aliphatic carbocycles. The minimum absolute atomic E-state index is 0.224. The van der Waals surface area contributed by atoms with Gasteiger partial charge in [0.05, 0.1) is 32.2 Å². The quantitative estimate of drug-likeness (QED) is 0.133. The number of carbonyl (C=O) groups excluding carboxylic acids is 6. The third-order valence-electron chi connectivity index (χ3n) is 6.16. The van der Waals surface area contributed by atoms with Crippen LogP contribution in [0.25, 0.3) is 0 Å². The normalized spacial score (nSPS) is 11.9. The molecule has 2 aromatic rings. The van der Waals surface area contributed by atoms with Gasteiger partial charge in [0, 0.05) is 13.5 Å². The molecule has 0 fully saturated rings. The molecule has 6 amide bonds. The average molecular weight is 568 g/mol. The van der Waals surface area contributed by atoms with Crippen LogP contribution in [0.4, 0.5) is 0 Å². The second-order valence-corrected chi connectivity index (χ2v) is 9.19. The smallest absolute Gasteiger partial charge is 0.242 e. The van der Waals surface area contributed by atoms with Gasteiger partial charge in [-0.05, 0) is 24.6 Å². The number of benzene rings is 2. The molecule has 0 saturated carbocycles. The van der Waals surface area contributed by atoms with Gasteiger partial charge in [0.15, 0.2) is 0 Å². The highest BCUT2D eigenvalue weighted by Crippen LogP contribution is 2.08. The van der Waals surface area contributed by atoms with Crippen molar-refractivity contribution in [1.82, 2.24) is 31.5 Å². The SMILES string of the molecule is CN[C@@H](Cc1ccccc1)C(=O)NCC(=O)NCC(=O)NCC(=O)NCC(=O)N(C)[C@@H](Cc1ccccc1)C(N)=O. The van der Waals surface area contributed by atoms with Gasteiger partial charge in [-0.1, -0.05) is 60.7 Å². The summed E-state index contributed by atoms with van der Waals surface area (Å²) in [5.74, 6) is -3.45. The first-order chi connectivity index (χ1) is 19.6. The second-order valence-electron chi connectivity index (χ2n) is 9.19. The van der Waals surface area contributed by atoms with E-state index in [9.17, 15) is 28.8 Å². The van der Waals surface area contributed by atoms with Crippen molar-refractivity contribution in [2.45, 2.75) is 24.9 Å². The molecule has 13 nitrogen and oxygen atoms in total. The van der Waals surface area contributed by atoms with Crippen molar-refractivity contribution in [1.29, 1.82) is 0 Å². The average Bonchev–Trinajstić information content (AvgIpc) is 2.98. The Balaban J connectivity index is 1.66. The number of amides is 6. The van der Waals surface area contributed by atoms with Gasteiger partial charge in [0.1, 0.15) is 6.04 Å². The van der Waals surface area contributed by atoms with E-state index in [4.69, 9.17) is 5.73 Å². The van der Waals surface area contributed by atoms with Gasteiger partial charge >= 0.3 is 0 Å². The predicted molar refractivity (Wildman–Crippen MR) is 151 cm³/mol. The van der Waals surface area contributed by atoms with Crippen LogP contribution in [0.15, 0.2) is 60.7 Å². The van der Waals surface area contributed by atoms with Gasteiger partial charge < -0.3 is 37.2 Å². The van der Waals surface area contributed by atoms with E-state index in [1.165, 1.54) is 11.9 Å². The number of nitrogens with zero attached hydrogens (tertiary/aromatic N) is 1. The molecule has 0 unspecified atom stereocenters. The zero-order valence-corrected chi connectivity index (χ0v) is 23.1. The fourth-order valence-electron chi connectivity index (χ4n) is 3.75. The largest absolute Gasteiger partial charge is 0.368 e. The van der Waals surface area contributed by atoms with Gasteiger partial charge in [-0.25, -0.2) is 0 Å². The lowest BCUT2D eigenvalue weighted by Gasteiger charge is -2.26. The summed E-state index contributed by atoms with van der Waals surface area (Å²) in [6.45, 7) is -1.58. The van der Waals surface area contributed by atoms with E-state index in [1.54, 1.807) is 19.2 Å². The van der Waals surface area contributed by atoms with E-state index in [1.807, 2.05) is 48.5 Å². The van der Waals surface area contributed by atoms with Gasteiger partial charge in [-0.3, -0.25) is 28.8 Å². The highest BCUT2D eigenvalue weighted by atomic mass is 16.2. The van der Waals surface area contributed by atoms with Crippen LogP contribution in [0.5, 0.6) is 0 Å². The number of rotatable bonds is 16. The number of hydrogen-bond acceptors (Lipinski definition) is 7. The number of likely N-dealkylation sites (N-methyl/N-ethyl adjacent to an activating group) is 2. The van der Waals surface area contributed by atoms with E-state index in [-0.39, 0.29) is 18.9 Å². The Labute approximate surface area is 238 Å².